The number of benzene rings is 3. The van der Waals surface area contributed by atoms with E-state index in [4.69, 9.17) is 27.9 Å². The fourth-order valence-electron chi connectivity index (χ4n) is 7.56. The summed E-state index contributed by atoms with van der Waals surface area (Å²) in [7, 11) is 1.81. The maximum absolute atomic E-state index is 14.9. The molecule has 1 amide bonds. The van der Waals surface area contributed by atoms with Crippen molar-refractivity contribution in [3.8, 4) is 16.9 Å². The van der Waals surface area contributed by atoms with Gasteiger partial charge in [0.2, 0.25) is 0 Å². The minimum absolute atomic E-state index is 0.139. The molecule has 1 unspecified atom stereocenters. The van der Waals surface area contributed by atoms with Crippen molar-refractivity contribution in [1.29, 1.82) is 0 Å². The highest BCUT2D eigenvalue weighted by Gasteiger charge is 2.37. The number of H-pyrrole nitrogens is 1. The second-order valence-corrected chi connectivity index (χ2v) is 13.8. The van der Waals surface area contributed by atoms with Crippen LogP contribution in [0.2, 0.25) is 10.0 Å². The molecule has 49 heavy (non-hydrogen) atoms. The van der Waals surface area contributed by atoms with Crippen molar-refractivity contribution in [1.82, 2.24) is 19.3 Å². The first-order valence-corrected chi connectivity index (χ1v) is 17.0. The highest BCUT2D eigenvalue weighted by Crippen LogP contribution is 2.45. The first kappa shape index (κ1) is 32.8. The van der Waals surface area contributed by atoms with Crippen molar-refractivity contribution in [2.75, 3.05) is 18.1 Å². The van der Waals surface area contributed by atoms with Gasteiger partial charge in [-0.3, -0.25) is 9.89 Å². The van der Waals surface area contributed by atoms with Crippen molar-refractivity contribution in [3.05, 3.63) is 98.0 Å². The normalized spacial score (nSPS) is 14.7. The number of para-hydroxylation sites is 1. The van der Waals surface area contributed by atoms with E-state index in [1.807, 2.05) is 71.1 Å². The Balaban J connectivity index is 1.37. The number of fused-ring (bicyclic) bond motifs is 4. The summed E-state index contributed by atoms with van der Waals surface area (Å²) < 4.78 is 10.1. The number of carboxylic acids is 1. The SMILES string of the molecule is Cc1cc(OCCCc2c3n(c4c(-c5c(C)n[nH]c5C)c(Cl)ccc24)C(C)CN(c2cccc4c(C(=O)O)cn(C)c24)C3=O)cc(C)c1Cl. The van der Waals surface area contributed by atoms with Gasteiger partial charge in [-0.05, 0) is 88.4 Å². The van der Waals surface area contributed by atoms with E-state index in [1.54, 1.807) is 21.7 Å². The molecule has 0 spiro atoms. The molecule has 0 bridgehead atoms. The van der Waals surface area contributed by atoms with Crippen molar-refractivity contribution < 1.29 is 19.4 Å². The van der Waals surface area contributed by atoms with Gasteiger partial charge >= 0.3 is 5.97 Å². The number of carboxylic acid groups (broad SMARTS) is 1. The van der Waals surface area contributed by atoms with Gasteiger partial charge in [-0.2, -0.15) is 5.10 Å². The van der Waals surface area contributed by atoms with Gasteiger partial charge in [0.1, 0.15) is 11.4 Å². The summed E-state index contributed by atoms with van der Waals surface area (Å²) in [6.07, 6.45) is 2.84. The third kappa shape index (κ3) is 5.27. The zero-order chi connectivity index (χ0) is 34.9. The van der Waals surface area contributed by atoms with E-state index in [9.17, 15) is 14.7 Å². The Morgan fingerprint density at radius 2 is 1.78 bits per heavy atom. The molecule has 6 aromatic rings. The van der Waals surface area contributed by atoms with Crippen LogP contribution in [-0.4, -0.2) is 49.5 Å². The summed E-state index contributed by atoms with van der Waals surface area (Å²) in [5, 5.41) is 20.3. The predicted molar refractivity (Wildman–Crippen MR) is 195 cm³/mol. The summed E-state index contributed by atoms with van der Waals surface area (Å²) in [6.45, 7) is 10.8. The molecule has 7 rings (SSSR count). The molecule has 1 atom stereocenters. The molecule has 4 heterocycles. The third-order valence-electron chi connectivity index (χ3n) is 9.68. The van der Waals surface area contributed by atoms with E-state index < -0.39 is 5.97 Å². The van der Waals surface area contributed by atoms with Crippen LogP contribution in [0.3, 0.4) is 0 Å². The highest BCUT2D eigenvalue weighted by atomic mass is 35.5. The number of carbonyl (C=O) groups excluding carboxylic acids is 1. The van der Waals surface area contributed by atoms with Gasteiger partial charge in [-0.15, -0.1) is 0 Å². The number of carbonyl (C=O) groups is 2. The van der Waals surface area contributed by atoms with Crippen molar-refractivity contribution in [2.24, 2.45) is 7.05 Å². The summed E-state index contributed by atoms with van der Waals surface area (Å²) in [5.74, 6) is -0.401. The minimum atomic E-state index is -1.01. The Morgan fingerprint density at radius 3 is 2.45 bits per heavy atom. The van der Waals surface area contributed by atoms with Crippen LogP contribution in [0.1, 0.15) is 68.3 Å². The van der Waals surface area contributed by atoms with E-state index in [0.29, 0.717) is 53.3 Å². The number of halogens is 2. The van der Waals surface area contributed by atoms with E-state index in [2.05, 4.69) is 21.7 Å². The van der Waals surface area contributed by atoms with E-state index in [1.165, 1.54) is 0 Å². The van der Waals surface area contributed by atoms with E-state index >= 15 is 0 Å². The first-order valence-electron chi connectivity index (χ1n) is 16.3. The molecule has 0 radical (unpaired) electrons. The van der Waals surface area contributed by atoms with Crippen LogP contribution in [0.25, 0.3) is 32.9 Å². The van der Waals surface area contributed by atoms with Crippen molar-refractivity contribution in [2.45, 2.75) is 53.5 Å². The number of aromatic carboxylic acids is 1. The lowest BCUT2D eigenvalue weighted by molar-refractivity contribution is 0.0698. The first-order chi connectivity index (χ1) is 23.4. The van der Waals surface area contributed by atoms with Gasteiger partial charge < -0.3 is 23.9 Å². The second kappa shape index (κ2) is 12.3. The van der Waals surface area contributed by atoms with Crippen LogP contribution in [0, 0.1) is 27.7 Å². The Morgan fingerprint density at radius 1 is 1.04 bits per heavy atom. The van der Waals surface area contributed by atoms with Gasteiger partial charge in [-0.1, -0.05) is 41.4 Å². The molecule has 0 fully saturated rings. The smallest absolute Gasteiger partial charge is 0.337 e. The maximum atomic E-state index is 14.9. The monoisotopic (exact) mass is 697 g/mol. The fraction of sp³-hybridized carbons (Fsp3) is 0.289. The molecule has 1 aliphatic rings. The Bertz CT molecular complexity index is 2290. The van der Waals surface area contributed by atoms with Crippen LogP contribution in [0.4, 0.5) is 5.69 Å². The molecule has 0 aliphatic carbocycles. The lowest BCUT2D eigenvalue weighted by Crippen LogP contribution is -2.43. The average Bonchev–Trinajstić information content (AvgIpc) is 3.70. The number of aromatic amines is 1. The molecule has 11 heteroatoms. The lowest BCUT2D eigenvalue weighted by atomic mass is 9.98. The largest absolute Gasteiger partial charge is 0.494 e. The molecule has 1 aliphatic heterocycles. The number of aromatic nitrogens is 4. The molecule has 0 saturated carbocycles. The van der Waals surface area contributed by atoms with Crippen LogP contribution in [0.5, 0.6) is 5.75 Å². The number of aryl methyl sites for hydroxylation is 6. The standard InChI is InChI=1S/C38H37Cl2N5O4/c1-19-15-24(16-20(2)33(19)40)49-14-8-10-25-27-12-13-29(39)32(31-22(4)41-42-23(31)5)35(27)45-21(3)17-44(37(46)36(25)45)30-11-7-9-26-28(38(47)48)18-43(6)34(26)30/h7,9,11-13,15-16,18,21H,8,10,14,17H2,1-6H3,(H,41,42)(H,47,48). The fourth-order valence-corrected chi connectivity index (χ4v) is 7.91. The Hall–Kier alpha value is -4.73. The Labute approximate surface area is 294 Å². The van der Waals surface area contributed by atoms with Crippen LogP contribution < -0.4 is 9.64 Å². The van der Waals surface area contributed by atoms with Gasteiger partial charge in [0.05, 0.1) is 39.6 Å². The summed E-state index contributed by atoms with van der Waals surface area (Å²) in [6, 6.07) is 13.2. The molecule has 9 nitrogen and oxygen atoms in total. The zero-order valence-corrected chi connectivity index (χ0v) is 29.8. The van der Waals surface area contributed by atoms with Crippen LogP contribution in [-0.2, 0) is 13.5 Å². The molecule has 2 N–H and O–H groups in total. The molecule has 3 aromatic carbocycles. The lowest BCUT2D eigenvalue weighted by Gasteiger charge is -2.35. The summed E-state index contributed by atoms with van der Waals surface area (Å²) in [4.78, 5) is 28.8. The van der Waals surface area contributed by atoms with Crippen LogP contribution >= 0.6 is 23.2 Å². The number of anilines is 1. The number of amides is 1. The molecule has 3 aromatic heterocycles. The third-order valence-corrected chi connectivity index (χ3v) is 10.6. The maximum Gasteiger partial charge on any atom is 0.337 e. The number of hydrogen-bond acceptors (Lipinski definition) is 4. The number of nitrogens with one attached hydrogen (secondary N) is 1. The van der Waals surface area contributed by atoms with Crippen molar-refractivity contribution in [3.63, 3.8) is 0 Å². The minimum Gasteiger partial charge on any atom is -0.494 e. The average molecular weight is 699 g/mol. The summed E-state index contributed by atoms with van der Waals surface area (Å²) in [5.41, 5.74) is 9.40. The zero-order valence-electron chi connectivity index (χ0n) is 28.2. The van der Waals surface area contributed by atoms with Crippen molar-refractivity contribution >= 4 is 62.6 Å². The Kier molecular flexibility index (Phi) is 8.24. The predicted octanol–water partition coefficient (Wildman–Crippen LogP) is 8.99. The van der Waals surface area contributed by atoms with E-state index in [0.717, 1.165) is 60.9 Å². The highest BCUT2D eigenvalue weighted by molar-refractivity contribution is 6.35. The molecule has 0 saturated heterocycles. The van der Waals surface area contributed by atoms with E-state index in [-0.39, 0.29) is 17.5 Å². The van der Waals surface area contributed by atoms with Gasteiger partial charge in [-0.25, -0.2) is 4.79 Å². The molecular formula is C38H37Cl2N5O4. The molecule has 252 valence electrons. The van der Waals surface area contributed by atoms with Gasteiger partial charge in [0.15, 0.2) is 0 Å². The number of hydrogen-bond donors (Lipinski definition) is 2. The molecular weight excluding hydrogens is 661 g/mol. The second-order valence-electron chi connectivity index (χ2n) is 13.0. The number of nitrogens with zero attached hydrogens (tertiary/aromatic N) is 4. The summed E-state index contributed by atoms with van der Waals surface area (Å²) >= 11 is 13.4. The van der Waals surface area contributed by atoms with Gasteiger partial charge in [0.25, 0.3) is 5.91 Å². The number of rotatable bonds is 8. The quantitative estimate of drug-likeness (QED) is 0.155. The van der Waals surface area contributed by atoms with Crippen LogP contribution in [0.15, 0.2) is 48.7 Å². The number of ether oxygens (including phenoxy) is 1. The topological polar surface area (TPSA) is 105 Å². The van der Waals surface area contributed by atoms with Gasteiger partial charge in [0, 0.05) is 58.4 Å².